The van der Waals surface area contributed by atoms with E-state index in [-0.39, 0.29) is 26.6 Å². The predicted molar refractivity (Wildman–Crippen MR) is 112 cm³/mol. The van der Waals surface area contributed by atoms with Crippen LogP contribution in [0, 0.1) is 0 Å². The molecule has 174 valence electrons. The lowest BCUT2D eigenvalue weighted by molar-refractivity contribution is -0.159. The van der Waals surface area contributed by atoms with E-state index in [9.17, 15) is 14.4 Å². The van der Waals surface area contributed by atoms with Gasteiger partial charge < -0.3 is 23.7 Å². The highest BCUT2D eigenvalue weighted by Crippen LogP contribution is 2.16. The van der Waals surface area contributed by atoms with Gasteiger partial charge in [0.15, 0.2) is 0 Å². The van der Waals surface area contributed by atoms with Crippen LogP contribution in [0.25, 0.3) is 0 Å². The molecule has 1 aromatic carbocycles. The van der Waals surface area contributed by atoms with E-state index in [1.807, 2.05) is 30.3 Å². The van der Waals surface area contributed by atoms with Gasteiger partial charge in [-0.1, -0.05) is 30.3 Å². The van der Waals surface area contributed by atoms with Crippen molar-refractivity contribution in [3.8, 4) is 0 Å². The first-order valence-corrected chi connectivity index (χ1v) is 10.1. The van der Waals surface area contributed by atoms with E-state index in [1.54, 1.807) is 27.7 Å². The molecule has 9 nitrogen and oxygen atoms in total. The molecule has 0 aliphatic carbocycles. The summed E-state index contributed by atoms with van der Waals surface area (Å²) in [7, 11) is 1.51. The third-order valence-electron chi connectivity index (χ3n) is 3.83. The number of amides is 1. The first kappa shape index (κ1) is 26.4. The minimum Gasteiger partial charge on any atom is -0.464 e. The molecule has 9 heteroatoms. The highest BCUT2D eigenvalue weighted by Gasteiger charge is 2.36. The molecular weight excluding hydrogens is 406 g/mol. The van der Waals surface area contributed by atoms with E-state index < -0.39 is 36.1 Å². The zero-order valence-corrected chi connectivity index (χ0v) is 18.9. The zero-order chi connectivity index (χ0) is 23.3. The van der Waals surface area contributed by atoms with Crippen LogP contribution in [0.2, 0.25) is 0 Å². The Morgan fingerprint density at radius 2 is 1.71 bits per heavy atom. The van der Waals surface area contributed by atoms with E-state index >= 15 is 0 Å². The average Bonchev–Trinajstić information content (AvgIpc) is 2.70. The Kier molecular flexibility index (Phi) is 11.6. The van der Waals surface area contributed by atoms with Crippen molar-refractivity contribution in [2.75, 3.05) is 33.7 Å². The van der Waals surface area contributed by atoms with Gasteiger partial charge in [-0.2, -0.15) is 0 Å². The van der Waals surface area contributed by atoms with Crippen LogP contribution in [0.5, 0.6) is 0 Å². The fourth-order valence-corrected chi connectivity index (χ4v) is 2.41. The molecule has 0 spiro atoms. The number of methoxy groups -OCH3 is 1. The number of carbonyl (C=O) groups is 3. The maximum atomic E-state index is 12.8. The predicted octanol–water partition coefficient (Wildman–Crippen LogP) is 2.91. The summed E-state index contributed by atoms with van der Waals surface area (Å²) in [5.74, 6) is -1.41. The molecule has 0 N–H and O–H groups in total. The fourth-order valence-electron chi connectivity index (χ4n) is 2.41. The number of hydrogen-bond acceptors (Lipinski definition) is 8. The highest BCUT2D eigenvalue weighted by atomic mass is 16.6. The molecule has 0 fully saturated rings. The van der Waals surface area contributed by atoms with E-state index in [1.165, 1.54) is 7.11 Å². The molecule has 0 aromatic heterocycles. The second-order valence-corrected chi connectivity index (χ2v) is 7.60. The van der Waals surface area contributed by atoms with Crippen molar-refractivity contribution in [1.82, 2.24) is 4.90 Å². The van der Waals surface area contributed by atoms with Crippen molar-refractivity contribution < 1.29 is 38.1 Å². The SMILES string of the molecule is CCOC(=O)[C@H](CC(=O)OCc1ccccc1)N(COCCOC)C(=O)OC(C)(C)C. The minimum atomic E-state index is -1.26. The number of carbonyl (C=O) groups excluding carboxylic acids is 3. The molecule has 0 aliphatic heterocycles. The lowest BCUT2D eigenvalue weighted by Crippen LogP contribution is -2.50. The molecule has 1 aromatic rings. The Balaban J connectivity index is 2.95. The lowest BCUT2D eigenvalue weighted by atomic mass is 10.1. The van der Waals surface area contributed by atoms with Crippen LogP contribution in [0.4, 0.5) is 4.79 Å². The molecule has 0 saturated heterocycles. The van der Waals surface area contributed by atoms with Gasteiger partial charge in [-0.05, 0) is 33.3 Å². The van der Waals surface area contributed by atoms with Gasteiger partial charge in [0.1, 0.15) is 25.0 Å². The van der Waals surface area contributed by atoms with Crippen LogP contribution in [-0.4, -0.2) is 68.2 Å². The molecule has 1 atom stereocenters. The number of rotatable bonds is 12. The molecule has 1 rings (SSSR count). The summed E-state index contributed by atoms with van der Waals surface area (Å²) < 4.78 is 26.1. The largest absolute Gasteiger partial charge is 0.464 e. The summed E-state index contributed by atoms with van der Waals surface area (Å²) in [5, 5.41) is 0. The van der Waals surface area contributed by atoms with Crippen LogP contribution in [0.3, 0.4) is 0 Å². The fraction of sp³-hybridized carbons (Fsp3) is 0.591. The van der Waals surface area contributed by atoms with Gasteiger partial charge in [0, 0.05) is 7.11 Å². The summed E-state index contributed by atoms with van der Waals surface area (Å²) >= 11 is 0. The monoisotopic (exact) mass is 439 g/mol. The number of nitrogens with zero attached hydrogens (tertiary/aromatic N) is 1. The molecule has 0 saturated carbocycles. The number of ether oxygens (including phenoxy) is 5. The standard InChI is InChI=1S/C22H33NO8/c1-6-29-20(25)18(14-19(24)30-15-17-10-8-7-9-11-17)23(16-28-13-12-27-5)21(26)31-22(2,3)4/h7-11,18H,6,12-16H2,1-5H3/t18-/m0/s1. The molecule has 0 bridgehead atoms. The first-order chi connectivity index (χ1) is 14.7. The second-order valence-electron chi connectivity index (χ2n) is 7.60. The van der Waals surface area contributed by atoms with Crippen molar-refractivity contribution in [1.29, 1.82) is 0 Å². The Labute approximate surface area is 183 Å². The lowest BCUT2D eigenvalue weighted by Gasteiger charge is -2.31. The summed E-state index contributed by atoms with van der Waals surface area (Å²) in [4.78, 5) is 38.8. The van der Waals surface area contributed by atoms with Crippen molar-refractivity contribution in [3.05, 3.63) is 35.9 Å². The summed E-state index contributed by atoms with van der Waals surface area (Å²) in [6.45, 7) is 7.05. The molecular formula is C22H33NO8. The van der Waals surface area contributed by atoms with Gasteiger partial charge in [-0.15, -0.1) is 0 Å². The highest BCUT2D eigenvalue weighted by molar-refractivity contribution is 5.86. The van der Waals surface area contributed by atoms with Crippen molar-refractivity contribution in [3.63, 3.8) is 0 Å². The van der Waals surface area contributed by atoms with Crippen LogP contribution >= 0.6 is 0 Å². The van der Waals surface area contributed by atoms with Crippen molar-refractivity contribution in [2.24, 2.45) is 0 Å². The Morgan fingerprint density at radius 1 is 1.03 bits per heavy atom. The maximum absolute atomic E-state index is 12.8. The van der Waals surface area contributed by atoms with E-state index in [2.05, 4.69) is 0 Å². The molecule has 0 heterocycles. The van der Waals surface area contributed by atoms with Crippen molar-refractivity contribution >= 4 is 18.0 Å². The first-order valence-electron chi connectivity index (χ1n) is 10.1. The Bertz CT molecular complexity index is 687. The van der Waals surface area contributed by atoms with E-state index in [0.29, 0.717) is 6.61 Å². The molecule has 0 unspecified atom stereocenters. The third kappa shape index (κ3) is 10.8. The van der Waals surface area contributed by atoms with Gasteiger partial charge in [0.25, 0.3) is 0 Å². The van der Waals surface area contributed by atoms with Gasteiger partial charge in [0.05, 0.1) is 26.2 Å². The van der Waals surface area contributed by atoms with Crippen LogP contribution < -0.4 is 0 Å². The minimum absolute atomic E-state index is 0.0476. The topological polar surface area (TPSA) is 101 Å². The van der Waals surface area contributed by atoms with E-state index in [0.717, 1.165) is 10.5 Å². The molecule has 0 radical (unpaired) electrons. The van der Waals surface area contributed by atoms with Crippen LogP contribution in [-0.2, 0) is 39.9 Å². The Hall–Kier alpha value is -2.65. The van der Waals surface area contributed by atoms with Crippen LogP contribution in [0.15, 0.2) is 30.3 Å². The summed E-state index contributed by atoms with van der Waals surface area (Å²) in [6.07, 6.45) is -1.21. The number of hydrogen-bond donors (Lipinski definition) is 0. The van der Waals surface area contributed by atoms with Gasteiger partial charge in [0.2, 0.25) is 0 Å². The number of esters is 2. The summed E-state index contributed by atoms with van der Waals surface area (Å²) in [6, 6.07) is 7.86. The van der Waals surface area contributed by atoms with E-state index in [4.69, 9.17) is 23.7 Å². The molecule has 1 amide bonds. The third-order valence-corrected chi connectivity index (χ3v) is 3.83. The average molecular weight is 440 g/mol. The van der Waals surface area contributed by atoms with Crippen LogP contribution in [0.1, 0.15) is 39.7 Å². The zero-order valence-electron chi connectivity index (χ0n) is 18.9. The van der Waals surface area contributed by atoms with Gasteiger partial charge in [-0.25, -0.2) is 9.59 Å². The molecule has 31 heavy (non-hydrogen) atoms. The number of benzene rings is 1. The van der Waals surface area contributed by atoms with Gasteiger partial charge >= 0.3 is 18.0 Å². The second kappa shape index (κ2) is 13.6. The quantitative estimate of drug-likeness (QED) is 0.212. The normalized spacial score (nSPS) is 12.0. The Morgan fingerprint density at radius 3 is 2.29 bits per heavy atom. The van der Waals surface area contributed by atoms with Crippen molar-refractivity contribution in [2.45, 2.75) is 52.4 Å². The summed E-state index contributed by atoms with van der Waals surface area (Å²) in [5.41, 5.74) is -0.00930. The smallest absolute Gasteiger partial charge is 0.412 e. The molecule has 0 aliphatic rings. The van der Waals surface area contributed by atoms with Gasteiger partial charge in [-0.3, -0.25) is 9.69 Å². The maximum Gasteiger partial charge on any atom is 0.412 e.